The van der Waals surface area contributed by atoms with Crippen LogP contribution in [-0.4, -0.2) is 23.7 Å². The van der Waals surface area contributed by atoms with Crippen LogP contribution in [0.5, 0.6) is 0 Å². The number of esters is 1. The summed E-state index contributed by atoms with van der Waals surface area (Å²) in [4.78, 5) is 23.5. The van der Waals surface area contributed by atoms with Crippen LogP contribution in [0.15, 0.2) is 0 Å². The Balaban J connectivity index is 2.14. The van der Waals surface area contributed by atoms with Crippen LogP contribution in [0.4, 0.5) is 0 Å². The minimum absolute atomic E-state index is 0.299. The molecule has 0 aromatic carbocycles. The molecule has 3 unspecified atom stereocenters. The summed E-state index contributed by atoms with van der Waals surface area (Å²) >= 11 is 0. The number of carbonyl (C=O) groups excluding carboxylic acids is 1. The largest absolute Gasteiger partial charge is 0.481 e. The molecule has 0 spiro atoms. The van der Waals surface area contributed by atoms with Crippen molar-refractivity contribution in [1.29, 1.82) is 0 Å². The molecule has 0 heterocycles. The van der Waals surface area contributed by atoms with Gasteiger partial charge in [-0.15, -0.1) is 0 Å². The van der Waals surface area contributed by atoms with Crippen LogP contribution in [0, 0.1) is 17.8 Å². The molecule has 134 valence electrons. The standard InChI is InChI=1S/C19H34O4/c1-3-4-5-6-7-8-9-10-13-23-19(22)16-12-11-15(2)14-17(16)18(20)21/h15-17H,3-14H2,1-2H3,(H,20,21). The van der Waals surface area contributed by atoms with E-state index in [0.29, 0.717) is 25.4 Å². The zero-order valence-corrected chi connectivity index (χ0v) is 14.9. The first-order valence-electron chi connectivity index (χ1n) is 9.45. The minimum atomic E-state index is -0.856. The highest BCUT2D eigenvalue weighted by Crippen LogP contribution is 2.34. The highest BCUT2D eigenvalue weighted by molar-refractivity contribution is 5.81. The molecule has 1 aliphatic carbocycles. The van der Waals surface area contributed by atoms with E-state index in [1.807, 2.05) is 0 Å². The van der Waals surface area contributed by atoms with E-state index in [1.165, 1.54) is 38.5 Å². The third kappa shape index (κ3) is 7.85. The number of carboxylic acids is 1. The number of ether oxygens (including phenoxy) is 1. The third-order valence-corrected chi connectivity index (χ3v) is 4.97. The molecular weight excluding hydrogens is 292 g/mol. The van der Waals surface area contributed by atoms with Crippen LogP contribution in [0.25, 0.3) is 0 Å². The van der Waals surface area contributed by atoms with Crippen molar-refractivity contribution in [2.75, 3.05) is 6.61 Å². The fourth-order valence-corrected chi connectivity index (χ4v) is 3.45. The number of hydrogen-bond donors (Lipinski definition) is 1. The second-order valence-corrected chi connectivity index (χ2v) is 7.11. The lowest BCUT2D eigenvalue weighted by molar-refractivity contribution is -0.160. The minimum Gasteiger partial charge on any atom is -0.481 e. The van der Waals surface area contributed by atoms with Gasteiger partial charge in [0.15, 0.2) is 0 Å². The Kier molecular flexibility index (Phi) is 9.97. The molecule has 0 aliphatic heterocycles. The SMILES string of the molecule is CCCCCCCCCCOC(=O)C1CCC(C)CC1C(=O)O. The van der Waals surface area contributed by atoms with Gasteiger partial charge in [-0.05, 0) is 31.6 Å². The average Bonchev–Trinajstić information content (AvgIpc) is 2.53. The molecular formula is C19H34O4. The monoisotopic (exact) mass is 326 g/mol. The molecule has 0 aromatic heterocycles. The van der Waals surface area contributed by atoms with Gasteiger partial charge in [0.05, 0.1) is 18.4 Å². The molecule has 0 saturated heterocycles. The van der Waals surface area contributed by atoms with Crippen molar-refractivity contribution in [3.8, 4) is 0 Å². The normalized spacial score (nSPS) is 24.3. The second-order valence-electron chi connectivity index (χ2n) is 7.11. The van der Waals surface area contributed by atoms with Crippen molar-refractivity contribution < 1.29 is 19.4 Å². The van der Waals surface area contributed by atoms with Crippen molar-refractivity contribution in [2.24, 2.45) is 17.8 Å². The second kappa shape index (κ2) is 11.5. The van der Waals surface area contributed by atoms with Crippen LogP contribution in [0.1, 0.15) is 84.5 Å². The van der Waals surface area contributed by atoms with Crippen molar-refractivity contribution in [3.63, 3.8) is 0 Å². The molecule has 3 atom stereocenters. The first-order chi connectivity index (χ1) is 11.1. The lowest BCUT2D eigenvalue weighted by Crippen LogP contribution is -2.36. The maximum atomic E-state index is 12.1. The van der Waals surface area contributed by atoms with Crippen LogP contribution in [-0.2, 0) is 14.3 Å². The van der Waals surface area contributed by atoms with E-state index < -0.39 is 17.8 Å². The zero-order chi connectivity index (χ0) is 17.1. The molecule has 4 heteroatoms. The molecule has 1 saturated carbocycles. The van der Waals surface area contributed by atoms with Gasteiger partial charge in [-0.2, -0.15) is 0 Å². The topological polar surface area (TPSA) is 63.6 Å². The number of unbranched alkanes of at least 4 members (excludes halogenated alkanes) is 7. The van der Waals surface area contributed by atoms with Gasteiger partial charge in [0, 0.05) is 0 Å². The molecule has 1 fully saturated rings. The maximum Gasteiger partial charge on any atom is 0.309 e. The van der Waals surface area contributed by atoms with Crippen LogP contribution < -0.4 is 0 Å². The van der Waals surface area contributed by atoms with E-state index in [0.717, 1.165) is 19.3 Å². The smallest absolute Gasteiger partial charge is 0.309 e. The van der Waals surface area contributed by atoms with Crippen LogP contribution in [0.3, 0.4) is 0 Å². The van der Waals surface area contributed by atoms with Gasteiger partial charge in [0.1, 0.15) is 0 Å². The molecule has 0 radical (unpaired) electrons. The summed E-state index contributed by atoms with van der Waals surface area (Å²) in [5.74, 6) is -1.78. The summed E-state index contributed by atoms with van der Waals surface area (Å²) in [6.45, 7) is 4.71. The Labute approximate surface area is 141 Å². The van der Waals surface area contributed by atoms with E-state index in [2.05, 4.69) is 13.8 Å². The van der Waals surface area contributed by atoms with Gasteiger partial charge in [-0.3, -0.25) is 9.59 Å². The number of carbonyl (C=O) groups is 2. The van der Waals surface area contributed by atoms with Gasteiger partial charge in [-0.25, -0.2) is 0 Å². The number of rotatable bonds is 11. The van der Waals surface area contributed by atoms with Gasteiger partial charge < -0.3 is 9.84 Å². The molecule has 1 aliphatic rings. The Morgan fingerprint density at radius 2 is 1.57 bits per heavy atom. The van der Waals surface area contributed by atoms with E-state index in [1.54, 1.807) is 0 Å². The number of aliphatic carboxylic acids is 1. The first kappa shape index (κ1) is 20.0. The Morgan fingerprint density at radius 3 is 2.17 bits per heavy atom. The molecule has 23 heavy (non-hydrogen) atoms. The third-order valence-electron chi connectivity index (χ3n) is 4.97. The number of hydrogen-bond acceptors (Lipinski definition) is 3. The summed E-state index contributed by atoms with van der Waals surface area (Å²) in [6, 6.07) is 0. The van der Waals surface area contributed by atoms with E-state index >= 15 is 0 Å². The van der Waals surface area contributed by atoms with E-state index in [4.69, 9.17) is 4.74 Å². The zero-order valence-electron chi connectivity index (χ0n) is 14.9. The van der Waals surface area contributed by atoms with Crippen LogP contribution in [0.2, 0.25) is 0 Å². The van der Waals surface area contributed by atoms with E-state index in [9.17, 15) is 14.7 Å². The molecule has 1 N–H and O–H groups in total. The molecule has 1 rings (SSSR count). The summed E-state index contributed by atoms with van der Waals surface area (Å²) in [5, 5.41) is 9.30. The summed E-state index contributed by atoms with van der Waals surface area (Å²) in [5.41, 5.74) is 0. The summed E-state index contributed by atoms with van der Waals surface area (Å²) in [7, 11) is 0. The predicted molar refractivity (Wildman–Crippen MR) is 91.2 cm³/mol. The lowest BCUT2D eigenvalue weighted by atomic mass is 9.74. The summed E-state index contributed by atoms with van der Waals surface area (Å²) in [6.07, 6.45) is 11.8. The fourth-order valence-electron chi connectivity index (χ4n) is 3.45. The molecule has 0 amide bonds. The molecule has 0 aromatic rings. The number of carboxylic acid groups (broad SMARTS) is 1. The maximum absolute atomic E-state index is 12.1. The Hall–Kier alpha value is -1.06. The van der Waals surface area contributed by atoms with Gasteiger partial charge in [0.25, 0.3) is 0 Å². The molecule has 0 bridgehead atoms. The Bertz CT molecular complexity index is 353. The average molecular weight is 326 g/mol. The van der Waals surface area contributed by atoms with Crippen molar-refractivity contribution in [1.82, 2.24) is 0 Å². The highest BCUT2D eigenvalue weighted by atomic mass is 16.5. The highest BCUT2D eigenvalue weighted by Gasteiger charge is 2.38. The lowest BCUT2D eigenvalue weighted by Gasteiger charge is -2.30. The van der Waals surface area contributed by atoms with Gasteiger partial charge >= 0.3 is 11.9 Å². The van der Waals surface area contributed by atoms with Crippen molar-refractivity contribution >= 4 is 11.9 Å². The predicted octanol–water partition coefficient (Wildman–Crippen LogP) is 4.81. The van der Waals surface area contributed by atoms with E-state index in [-0.39, 0.29) is 5.97 Å². The Morgan fingerprint density at radius 1 is 0.957 bits per heavy atom. The van der Waals surface area contributed by atoms with Crippen molar-refractivity contribution in [3.05, 3.63) is 0 Å². The fraction of sp³-hybridized carbons (Fsp3) is 0.895. The quantitative estimate of drug-likeness (QED) is 0.437. The van der Waals surface area contributed by atoms with Gasteiger partial charge in [-0.1, -0.05) is 58.8 Å². The molecule has 4 nitrogen and oxygen atoms in total. The van der Waals surface area contributed by atoms with Crippen LogP contribution >= 0.6 is 0 Å². The van der Waals surface area contributed by atoms with Crippen molar-refractivity contribution in [2.45, 2.75) is 84.5 Å². The first-order valence-corrected chi connectivity index (χ1v) is 9.45. The summed E-state index contributed by atoms with van der Waals surface area (Å²) < 4.78 is 5.34. The van der Waals surface area contributed by atoms with Gasteiger partial charge in [0.2, 0.25) is 0 Å².